The largest absolute Gasteiger partial charge is 0.478 e. The maximum atomic E-state index is 11.5. The van der Waals surface area contributed by atoms with Crippen molar-refractivity contribution in [1.82, 2.24) is 4.31 Å². The van der Waals surface area contributed by atoms with Gasteiger partial charge in [-0.25, -0.2) is 9.10 Å². The van der Waals surface area contributed by atoms with Gasteiger partial charge in [-0.15, -0.1) is 0 Å². The normalized spacial score (nSPS) is 21.2. The van der Waals surface area contributed by atoms with E-state index < -0.39 is 5.97 Å². The highest BCUT2D eigenvalue weighted by molar-refractivity contribution is 7.97. The minimum absolute atomic E-state index is 0.266. The van der Waals surface area contributed by atoms with Crippen molar-refractivity contribution < 1.29 is 9.90 Å². The van der Waals surface area contributed by atoms with Gasteiger partial charge in [0.25, 0.3) is 0 Å². The van der Waals surface area contributed by atoms with E-state index in [2.05, 4.69) is 45.6 Å². The Bertz CT molecular complexity index is 1210. The number of benzene rings is 3. The summed E-state index contributed by atoms with van der Waals surface area (Å²) in [5.74, 6) is -0.933. The van der Waals surface area contributed by atoms with Gasteiger partial charge in [-0.05, 0) is 78.6 Å². The molecule has 2 aliphatic heterocycles. The van der Waals surface area contributed by atoms with Crippen LogP contribution in [0.15, 0.2) is 71.6 Å². The van der Waals surface area contributed by atoms with Crippen molar-refractivity contribution in [2.75, 3.05) is 18.0 Å². The quantitative estimate of drug-likeness (QED) is 0.438. The third-order valence-electron chi connectivity index (χ3n) is 6.96. The Hall–Kier alpha value is -2.47. The molecule has 2 fully saturated rings. The number of nitrogens with zero attached hydrogens (tertiary/aromatic N) is 2. The highest BCUT2D eigenvalue weighted by atomic mass is 35.5. The number of para-hydroxylation sites is 1. The van der Waals surface area contributed by atoms with E-state index in [9.17, 15) is 9.90 Å². The van der Waals surface area contributed by atoms with Gasteiger partial charge in [-0.3, -0.25) is 0 Å². The third-order valence-corrected chi connectivity index (χ3v) is 8.46. The second kappa shape index (κ2) is 7.55. The van der Waals surface area contributed by atoms with Crippen molar-refractivity contribution in [1.29, 1.82) is 0 Å². The van der Waals surface area contributed by atoms with E-state index in [0.717, 1.165) is 34.8 Å². The summed E-state index contributed by atoms with van der Waals surface area (Å²) in [6.07, 6.45) is 3.93. The molecule has 1 saturated heterocycles. The zero-order valence-corrected chi connectivity index (χ0v) is 19.1. The highest BCUT2D eigenvalue weighted by Crippen LogP contribution is 2.59. The Labute approximate surface area is 196 Å². The van der Waals surface area contributed by atoms with Crippen LogP contribution < -0.4 is 4.90 Å². The fraction of sp³-hybridized carbons (Fsp3) is 0.269. The topological polar surface area (TPSA) is 43.8 Å². The Balaban J connectivity index is 1.47. The number of anilines is 2. The zero-order valence-electron chi connectivity index (χ0n) is 17.5. The molecule has 3 aromatic rings. The second-order valence-electron chi connectivity index (χ2n) is 9.16. The van der Waals surface area contributed by atoms with Gasteiger partial charge in [-0.2, -0.15) is 0 Å². The van der Waals surface area contributed by atoms with Crippen molar-refractivity contribution in [3.63, 3.8) is 0 Å². The lowest BCUT2D eigenvalue weighted by atomic mass is 10.0. The minimum atomic E-state index is -0.933. The van der Waals surface area contributed by atoms with E-state index in [0.29, 0.717) is 16.5 Å². The number of halogens is 1. The van der Waals surface area contributed by atoms with Crippen LogP contribution in [0, 0.1) is 5.41 Å². The number of hydrogen-bond donors (Lipinski definition) is 1. The lowest BCUT2D eigenvalue weighted by Crippen LogP contribution is -2.32. The third kappa shape index (κ3) is 3.49. The molecular weight excluding hydrogens is 440 g/mol. The van der Waals surface area contributed by atoms with Gasteiger partial charge in [0.1, 0.15) is 0 Å². The van der Waals surface area contributed by atoms with Crippen LogP contribution in [0.3, 0.4) is 0 Å². The summed E-state index contributed by atoms with van der Waals surface area (Å²) in [7, 11) is 0. The fourth-order valence-electron chi connectivity index (χ4n) is 5.08. The highest BCUT2D eigenvalue weighted by Gasteiger charge is 2.53. The molecule has 0 amide bonds. The van der Waals surface area contributed by atoms with Crippen LogP contribution >= 0.6 is 23.5 Å². The van der Waals surface area contributed by atoms with Crippen LogP contribution in [0.5, 0.6) is 0 Å². The molecule has 1 aliphatic carbocycles. The smallest absolute Gasteiger partial charge is 0.335 e. The van der Waals surface area contributed by atoms with Gasteiger partial charge in [0.2, 0.25) is 0 Å². The summed E-state index contributed by atoms with van der Waals surface area (Å²) < 4.78 is 2.57. The summed E-state index contributed by atoms with van der Waals surface area (Å²) in [5, 5.41) is 10.1. The first-order valence-electron chi connectivity index (χ1n) is 11.0. The van der Waals surface area contributed by atoms with E-state index in [1.54, 1.807) is 18.2 Å². The molecule has 162 valence electrons. The van der Waals surface area contributed by atoms with Gasteiger partial charge in [0.05, 0.1) is 16.3 Å². The molecule has 6 heteroatoms. The maximum Gasteiger partial charge on any atom is 0.335 e. The van der Waals surface area contributed by atoms with E-state index in [4.69, 9.17) is 11.6 Å². The number of carboxylic acids is 1. The monoisotopic (exact) mass is 462 g/mol. The molecule has 0 radical (unpaired) electrons. The second-order valence-corrected chi connectivity index (χ2v) is 10.7. The lowest BCUT2D eigenvalue weighted by Gasteiger charge is -2.28. The predicted octanol–water partition coefficient (Wildman–Crippen LogP) is 6.72. The predicted molar refractivity (Wildman–Crippen MR) is 130 cm³/mol. The van der Waals surface area contributed by atoms with E-state index in [1.165, 1.54) is 24.9 Å². The summed E-state index contributed by atoms with van der Waals surface area (Å²) >= 11 is 8.65. The van der Waals surface area contributed by atoms with Gasteiger partial charge < -0.3 is 10.0 Å². The van der Waals surface area contributed by atoms with Crippen LogP contribution in [0.2, 0.25) is 5.02 Å². The number of carboxylic acid groups (broad SMARTS) is 1. The van der Waals surface area contributed by atoms with E-state index in [1.807, 2.05) is 24.1 Å². The number of fused-ring (bicyclic) bond motifs is 2. The number of aromatic carboxylic acids is 1. The standard InChI is InChI=1S/C26H23ClN2O2S/c27-22-13-23-24(12-21(22)17-5-4-6-18(11-17)25(30)31)32-29-16-26(9-10-26)14-20(29)15-28(23)19-7-2-1-3-8-19/h1-8,11-13,20H,9-10,14-16H2,(H,30,31). The van der Waals surface area contributed by atoms with E-state index in [-0.39, 0.29) is 5.56 Å². The Morgan fingerprint density at radius 3 is 2.62 bits per heavy atom. The van der Waals surface area contributed by atoms with Gasteiger partial charge in [0, 0.05) is 35.3 Å². The molecule has 1 spiro atoms. The minimum Gasteiger partial charge on any atom is -0.478 e. The van der Waals surface area contributed by atoms with Crippen molar-refractivity contribution in [2.45, 2.75) is 30.2 Å². The molecule has 2 heterocycles. The summed E-state index contributed by atoms with van der Waals surface area (Å²) in [6.45, 7) is 2.08. The molecule has 0 bridgehead atoms. The Morgan fingerprint density at radius 1 is 1.06 bits per heavy atom. The number of hydrogen-bond acceptors (Lipinski definition) is 4. The first-order chi connectivity index (χ1) is 15.5. The first-order valence-corrected chi connectivity index (χ1v) is 12.1. The summed E-state index contributed by atoms with van der Waals surface area (Å²) in [4.78, 5) is 15.1. The number of rotatable bonds is 3. The first kappa shape index (κ1) is 20.2. The van der Waals surface area contributed by atoms with Crippen molar-refractivity contribution in [2.24, 2.45) is 5.41 Å². The van der Waals surface area contributed by atoms with Crippen molar-refractivity contribution in [3.05, 3.63) is 77.3 Å². The SMILES string of the molecule is O=C(O)c1cccc(-c2cc3c(cc2Cl)N(c2ccccc2)CC2CC4(CC4)CN2S3)c1. The molecule has 1 atom stereocenters. The molecule has 3 aliphatic rings. The molecule has 4 nitrogen and oxygen atoms in total. The molecule has 6 rings (SSSR count). The summed E-state index contributed by atoms with van der Waals surface area (Å²) in [5.41, 5.74) is 4.76. The van der Waals surface area contributed by atoms with Crippen LogP contribution in [0.1, 0.15) is 29.6 Å². The zero-order chi connectivity index (χ0) is 21.9. The number of carbonyl (C=O) groups is 1. The summed E-state index contributed by atoms with van der Waals surface area (Å²) in [6, 6.07) is 22.2. The van der Waals surface area contributed by atoms with Crippen LogP contribution in [-0.4, -0.2) is 34.5 Å². The molecule has 32 heavy (non-hydrogen) atoms. The molecule has 1 N–H and O–H groups in total. The average Bonchev–Trinajstić information content (AvgIpc) is 3.50. The molecule has 1 unspecified atom stereocenters. The molecule has 0 aromatic heterocycles. The average molecular weight is 463 g/mol. The molecule has 3 aromatic carbocycles. The van der Waals surface area contributed by atoms with Gasteiger partial charge >= 0.3 is 5.97 Å². The molecular formula is C26H23ClN2O2S. The van der Waals surface area contributed by atoms with Crippen LogP contribution in [0.4, 0.5) is 11.4 Å². The Kier molecular flexibility index (Phi) is 4.75. The van der Waals surface area contributed by atoms with Gasteiger partial charge in [-0.1, -0.05) is 41.9 Å². The van der Waals surface area contributed by atoms with E-state index >= 15 is 0 Å². The van der Waals surface area contributed by atoms with Crippen molar-refractivity contribution >= 4 is 40.9 Å². The van der Waals surface area contributed by atoms with Crippen LogP contribution in [-0.2, 0) is 0 Å². The fourth-order valence-corrected chi connectivity index (χ4v) is 6.66. The lowest BCUT2D eigenvalue weighted by molar-refractivity contribution is 0.0697. The maximum absolute atomic E-state index is 11.5. The van der Waals surface area contributed by atoms with Gasteiger partial charge in [0.15, 0.2) is 0 Å². The van der Waals surface area contributed by atoms with Crippen LogP contribution in [0.25, 0.3) is 11.1 Å². The Morgan fingerprint density at radius 2 is 1.88 bits per heavy atom. The molecule has 1 saturated carbocycles. The van der Waals surface area contributed by atoms with Crippen molar-refractivity contribution in [3.8, 4) is 11.1 Å².